The minimum atomic E-state index is -0.281. The predicted molar refractivity (Wildman–Crippen MR) is 99.8 cm³/mol. The van der Waals surface area contributed by atoms with Crippen molar-refractivity contribution in [1.29, 1.82) is 0 Å². The zero-order valence-corrected chi connectivity index (χ0v) is 14.6. The maximum absolute atomic E-state index is 13.3. The molecule has 0 bridgehead atoms. The van der Waals surface area contributed by atoms with Gasteiger partial charge >= 0.3 is 6.03 Å². The van der Waals surface area contributed by atoms with Gasteiger partial charge in [-0.3, -0.25) is 0 Å². The van der Waals surface area contributed by atoms with Crippen molar-refractivity contribution < 1.29 is 13.9 Å². The summed E-state index contributed by atoms with van der Waals surface area (Å²) in [6.45, 7) is 1.29. The third kappa shape index (κ3) is 4.21. The number of methoxy groups -OCH3 is 1. The molecular weight excluding hydrogens is 333 g/mol. The smallest absolute Gasteiger partial charge is 0.314 e. The molecule has 136 valence electrons. The number of rotatable bonds is 7. The molecule has 6 heteroatoms. The van der Waals surface area contributed by atoms with Crippen LogP contribution < -0.4 is 10.6 Å². The van der Waals surface area contributed by atoms with Gasteiger partial charge in [0.2, 0.25) is 0 Å². The lowest BCUT2D eigenvalue weighted by Gasteiger charge is -2.18. The monoisotopic (exact) mass is 355 g/mol. The Morgan fingerprint density at radius 3 is 2.69 bits per heavy atom. The number of aromatic amines is 1. The Labute approximate surface area is 151 Å². The van der Waals surface area contributed by atoms with Crippen molar-refractivity contribution in [2.75, 3.05) is 26.8 Å². The van der Waals surface area contributed by atoms with Gasteiger partial charge in [0, 0.05) is 43.2 Å². The zero-order valence-electron chi connectivity index (χ0n) is 14.6. The molecule has 3 aromatic rings. The van der Waals surface area contributed by atoms with Gasteiger partial charge in [-0.2, -0.15) is 0 Å². The van der Waals surface area contributed by atoms with Gasteiger partial charge in [0.25, 0.3) is 0 Å². The number of ether oxygens (including phenoxy) is 1. The molecule has 0 saturated heterocycles. The third-order valence-corrected chi connectivity index (χ3v) is 4.33. The number of fused-ring (bicyclic) bond motifs is 1. The Bertz CT molecular complexity index is 861. The highest BCUT2D eigenvalue weighted by molar-refractivity contribution is 5.84. The van der Waals surface area contributed by atoms with Crippen LogP contribution >= 0.6 is 0 Å². The summed E-state index contributed by atoms with van der Waals surface area (Å²) in [6, 6.07) is 14.1. The highest BCUT2D eigenvalue weighted by Gasteiger charge is 2.19. The molecule has 0 spiro atoms. The summed E-state index contributed by atoms with van der Waals surface area (Å²) in [6.07, 6.45) is 1.95. The molecule has 2 amide bonds. The molecule has 0 aliphatic carbocycles. The third-order valence-electron chi connectivity index (χ3n) is 4.33. The van der Waals surface area contributed by atoms with Crippen LogP contribution in [0.5, 0.6) is 0 Å². The highest BCUT2D eigenvalue weighted by atomic mass is 19.1. The van der Waals surface area contributed by atoms with Gasteiger partial charge in [0.05, 0.1) is 6.61 Å². The molecule has 3 rings (SSSR count). The number of benzene rings is 2. The van der Waals surface area contributed by atoms with Crippen LogP contribution in [-0.4, -0.2) is 37.8 Å². The summed E-state index contributed by atoms with van der Waals surface area (Å²) >= 11 is 0. The Balaban J connectivity index is 1.83. The van der Waals surface area contributed by atoms with Crippen molar-refractivity contribution in [2.45, 2.75) is 5.92 Å². The SMILES string of the molecule is COCCNC(=O)NCC(c1ccc(F)cc1)c1c[nH]c2ccccc12. The minimum Gasteiger partial charge on any atom is -0.383 e. The number of aromatic nitrogens is 1. The largest absolute Gasteiger partial charge is 0.383 e. The van der Waals surface area contributed by atoms with Gasteiger partial charge in [-0.05, 0) is 29.3 Å². The van der Waals surface area contributed by atoms with E-state index in [2.05, 4.69) is 15.6 Å². The number of para-hydroxylation sites is 1. The van der Waals surface area contributed by atoms with E-state index in [4.69, 9.17) is 4.74 Å². The van der Waals surface area contributed by atoms with E-state index in [-0.39, 0.29) is 17.8 Å². The lowest BCUT2D eigenvalue weighted by atomic mass is 9.91. The van der Waals surface area contributed by atoms with Crippen LogP contribution in [0.25, 0.3) is 10.9 Å². The lowest BCUT2D eigenvalue weighted by Crippen LogP contribution is -2.39. The number of urea groups is 1. The number of amides is 2. The van der Waals surface area contributed by atoms with E-state index in [0.717, 1.165) is 22.0 Å². The van der Waals surface area contributed by atoms with Crippen LogP contribution in [-0.2, 0) is 4.74 Å². The normalized spacial score (nSPS) is 12.1. The molecule has 3 N–H and O–H groups in total. The molecule has 2 aromatic carbocycles. The average Bonchev–Trinajstić information content (AvgIpc) is 3.08. The number of nitrogens with one attached hydrogen (secondary N) is 3. The van der Waals surface area contributed by atoms with Gasteiger partial charge in [0.15, 0.2) is 0 Å². The van der Waals surface area contributed by atoms with Gasteiger partial charge in [-0.15, -0.1) is 0 Å². The summed E-state index contributed by atoms with van der Waals surface area (Å²) < 4.78 is 18.3. The topological polar surface area (TPSA) is 66.2 Å². The van der Waals surface area contributed by atoms with Crippen molar-refractivity contribution in [1.82, 2.24) is 15.6 Å². The molecule has 0 aliphatic heterocycles. The number of H-pyrrole nitrogens is 1. The van der Waals surface area contributed by atoms with Crippen LogP contribution in [0.4, 0.5) is 9.18 Å². The fraction of sp³-hybridized carbons (Fsp3) is 0.250. The molecule has 1 heterocycles. The average molecular weight is 355 g/mol. The maximum Gasteiger partial charge on any atom is 0.314 e. The number of halogens is 1. The predicted octanol–water partition coefficient (Wildman–Crippen LogP) is 3.38. The first-order valence-corrected chi connectivity index (χ1v) is 8.51. The molecule has 0 fully saturated rings. The second kappa shape index (κ2) is 8.49. The Morgan fingerprint density at radius 1 is 1.15 bits per heavy atom. The fourth-order valence-corrected chi connectivity index (χ4v) is 3.01. The molecule has 0 aliphatic rings. The first-order chi connectivity index (χ1) is 12.7. The second-order valence-corrected chi connectivity index (χ2v) is 6.02. The Hall–Kier alpha value is -2.86. The molecule has 26 heavy (non-hydrogen) atoms. The standard InChI is InChI=1S/C20H22FN3O2/c1-26-11-10-22-20(25)24-12-17(14-6-8-15(21)9-7-14)18-13-23-19-5-3-2-4-16(18)19/h2-9,13,17,23H,10-12H2,1H3,(H2,22,24,25). The van der Waals surface area contributed by atoms with E-state index in [1.54, 1.807) is 19.2 Å². The number of carbonyl (C=O) groups is 1. The van der Waals surface area contributed by atoms with E-state index in [1.807, 2.05) is 30.5 Å². The van der Waals surface area contributed by atoms with E-state index in [0.29, 0.717) is 19.7 Å². The van der Waals surface area contributed by atoms with Crippen molar-refractivity contribution in [3.05, 3.63) is 71.7 Å². The minimum absolute atomic E-state index is 0.0973. The van der Waals surface area contributed by atoms with Crippen LogP contribution in [0.2, 0.25) is 0 Å². The summed E-state index contributed by atoms with van der Waals surface area (Å²) in [7, 11) is 1.58. The van der Waals surface area contributed by atoms with Crippen molar-refractivity contribution in [2.24, 2.45) is 0 Å². The maximum atomic E-state index is 13.3. The van der Waals surface area contributed by atoms with Gasteiger partial charge in [-0.1, -0.05) is 30.3 Å². The van der Waals surface area contributed by atoms with Gasteiger partial charge in [-0.25, -0.2) is 9.18 Å². The number of hydrogen-bond acceptors (Lipinski definition) is 2. The lowest BCUT2D eigenvalue weighted by molar-refractivity contribution is 0.196. The zero-order chi connectivity index (χ0) is 18.4. The van der Waals surface area contributed by atoms with Crippen molar-refractivity contribution in [3.8, 4) is 0 Å². The van der Waals surface area contributed by atoms with E-state index in [9.17, 15) is 9.18 Å². The number of carbonyl (C=O) groups excluding carboxylic acids is 1. The van der Waals surface area contributed by atoms with Crippen LogP contribution in [0.1, 0.15) is 17.0 Å². The Morgan fingerprint density at radius 2 is 1.92 bits per heavy atom. The highest BCUT2D eigenvalue weighted by Crippen LogP contribution is 2.30. The van der Waals surface area contributed by atoms with Crippen LogP contribution in [0.3, 0.4) is 0 Å². The van der Waals surface area contributed by atoms with Crippen molar-refractivity contribution in [3.63, 3.8) is 0 Å². The molecule has 1 unspecified atom stereocenters. The summed E-state index contributed by atoms with van der Waals surface area (Å²) in [5.74, 6) is -0.378. The summed E-state index contributed by atoms with van der Waals surface area (Å²) in [5.41, 5.74) is 3.02. The quantitative estimate of drug-likeness (QED) is 0.569. The molecule has 0 saturated carbocycles. The first-order valence-electron chi connectivity index (χ1n) is 8.51. The van der Waals surface area contributed by atoms with E-state index in [1.165, 1.54) is 12.1 Å². The van der Waals surface area contributed by atoms with Crippen molar-refractivity contribution >= 4 is 16.9 Å². The molecule has 1 aromatic heterocycles. The molecule has 0 radical (unpaired) electrons. The van der Waals surface area contributed by atoms with Gasteiger partial charge < -0.3 is 20.4 Å². The van der Waals surface area contributed by atoms with E-state index < -0.39 is 0 Å². The van der Waals surface area contributed by atoms with Gasteiger partial charge in [0.1, 0.15) is 5.82 Å². The second-order valence-electron chi connectivity index (χ2n) is 6.02. The first kappa shape index (κ1) is 17.9. The molecule has 1 atom stereocenters. The summed E-state index contributed by atoms with van der Waals surface area (Å²) in [5, 5.41) is 6.72. The molecule has 5 nitrogen and oxygen atoms in total. The number of hydrogen-bond donors (Lipinski definition) is 3. The van der Waals surface area contributed by atoms with Crippen LogP contribution in [0.15, 0.2) is 54.7 Å². The molecular formula is C20H22FN3O2. The van der Waals surface area contributed by atoms with E-state index >= 15 is 0 Å². The fourth-order valence-electron chi connectivity index (χ4n) is 3.01. The van der Waals surface area contributed by atoms with Crippen LogP contribution in [0, 0.1) is 5.82 Å². The summed E-state index contributed by atoms with van der Waals surface area (Å²) in [4.78, 5) is 15.3. The Kier molecular flexibility index (Phi) is 5.86.